The first kappa shape index (κ1) is 23.3. The largest absolute Gasteiger partial charge is 0.497 e. The van der Waals surface area contributed by atoms with E-state index in [2.05, 4.69) is 12.2 Å². The second-order valence-electron chi connectivity index (χ2n) is 9.79. The van der Waals surface area contributed by atoms with Crippen LogP contribution in [0.5, 0.6) is 5.75 Å². The van der Waals surface area contributed by atoms with Gasteiger partial charge in [-0.3, -0.25) is 19.2 Å². The fraction of sp³-hybridized carbons (Fsp3) is 0.333. The zero-order valence-electron chi connectivity index (χ0n) is 19.3. The van der Waals surface area contributed by atoms with Gasteiger partial charge < -0.3 is 4.74 Å². The van der Waals surface area contributed by atoms with Gasteiger partial charge in [-0.2, -0.15) is 5.01 Å². The number of ether oxygens (including phenoxy) is 1. The number of rotatable bonds is 6. The van der Waals surface area contributed by atoms with E-state index in [1.807, 2.05) is 0 Å². The van der Waals surface area contributed by atoms with E-state index in [0.717, 1.165) is 16.4 Å². The monoisotopic (exact) mass is 524 g/mol. The van der Waals surface area contributed by atoms with E-state index in [-0.39, 0.29) is 27.4 Å². The van der Waals surface area contributed by atoms with Gasteiger partial charge in [0.05, 0.1) is 29.0 Å². The molecule has 4 aliphatic carbocycles. The summed E-state index contributed by atoms with van der Waals surface area (Å²) < 4.78 is 5.21. The molecule has 6 atom stereocenters. The summed E-state index contributed by atoms with van der Waals surface area (Å²) in [6.07, 6.45) is 5.14. The van der Waals surface area contributed by atoms with Gasteiger partial charge in [-0.25, -0.2) is 5.01 Å². The molecule has 3 fully saturated rings. The van der Waals surface area contributed by atoms with Gasteiger partial charge in [-0.15, -0.1) is 0 Å². The number of benzene rings is 2. The van der Waals surface area contributed by atoms with Crippen LogP contribution in [0.1, 0.15) is 27.1 Å². The number of imide groups is 1. The number of hydrazine groups is 1. The number of amides is 3. The SMILES string of the molecule is COc1cccc(C(=O)CN(C(=O)c2ccc(Cl)c(Cl)c2)N2C(=O)[C@@H]3[C@@H]4C=C[C@@H]([C@@H]5C[C@H]45)[C@@H]3C2=O)c1. The number of carbonyl (C=O) groups excluding carboxylic acids is 4. The Morgan fingerprint density at radius 2 is 1.61 bits per heavy atom. The molecule has 0 N–H and O–H groups in total. The number of hydrogen-bond acceptors (Lipinski definition) is 5. The predicted octanol–water partition coefficient (Wildman–Crippen LogP) is 4.30. The Kier molecular flexibility index (Phi) is 5.46. The van der Waals surface area contributed by atoms with Crippen molar-refractivity contribution in [2.75, 3.05) is 13.7 Å². The molecule has 2 aromatic carbocycles. The van der Waals surface area contributed by atoms with Crippen molar-refractivity contribution in [3.05, 3.63) is 75.8 Å². The molecular formula is C27H22Cl2N2O5. The van der Waals surface area contributed by atoms with Gasteiger partial charge in [0.1, 0.15) is 12.3 Å². The normalized spacial score (nSPS) is 29.1. The molecular weight excluding hydrogens is 503 g/mol. The molecule has 0 radical (unpaired) electrons. The minimum Gasteiger partial charge on any atom is -0.497 e. The van der Waals surface area contributed by atoms with Gasteiger partial charge in [-0.05, 0) is 60.4 Å². The first-order valence-electron chi connectivity index (χ1n) is 11.8. The third-order valence-electron chi connectivity index (χ3n) is 7.97. The van der Waals surface area contributed by atoms with Crippen molar-refractivity contribution < 1.29 is 23.9 Å². The zero-order chi connectivity index (χ0) is 25.3. The summed E-state index contributed by atoms with van der Waals surface area (Å²) in [5.41, 5.74) is 0.406. The number of hydrogen-bond donors (Lipinski definition) is 0. The summed E-state index contributed by atoms with van der Waals surface area (Å²) in [6, 6.07) is 10.8. The Balaban J connectivity index is 1.37. The van der Waals surface area contributed by atoms with Crippen LogP contribution in [0.15, 0.2) is 54.6 Å². The van der Waals surface area contributed by atoms with Gasteiger partial charge >= 0.3 is 0 Å². The standard InChI is InChI=1S/C27H22Cl2N2O5/c1-36-15-4-2-3-13(9-15)22(32)12-30(25(33)14-5-8-20(28)21(29)10-14)31-26(34)23-16-6-7-17(19-11-18(16)19)24(23)27(31)35/h2-10,16-19,23-24H,11-12H2,1H3/t16-,17+,18-,19+,23-,24+. The van der Waals surface area contributed by atoms with E-state index in [4.69, 9.17) is 27.9 Å². The number of Topliss-reactive ketones (excluding diaryl/α,β-unsaturated/α-hetero) is 1. The van der Waals surface area contributed by atoms with Gasteiger partial charge in [0.2, 0.25) is 0 Å². The first-order valence-corrected chi connectivity index (χ1v) is 12.6. The lowest BCUT2D eigenvalue weighted by Gasteiger charge is -2.37. The smallest absolute Gasteiger partial charge is 0.273 e. The molecule has 9 heteroatoms. The molecule has 2 bridgehead atoms. The zero-order valence-corrected chi connectivity index (χ0v) is 20.8. The topological polar surface area (TPSA) is 84.0 Å². The minimum atomic E-state index is -0.685. The molecule has 184 valence electrons. The van der Waals surface area contributed by atoms with Crippen molar-refractivity contribution in [2.24, 2.45) is 35.5 Å². The summed E-state index contributed by atoms with van der Waals surface area (Å²) in [4.78, 5) is 54.5. The van der Waals surface area contributed by atoms with Crippen LogP contribution in [-0.2, 0) is 9.59 Å². The molecule has 2 saturated carbocycles. The predicted molar refractivity (Wildman–Crippen MR) is 131 cm³/mol. The van der Waals surface area contributed by atoms with Crippen LogP contribution in [-0.4, -0.2) is 47.2 Å². The molecule has 7 rings (SSSR count). The number of allylic oxidation sites excluding steroid dienone is 2. The maximum atomic E-state index is 13.7. The van der Waals surface area contributed by atoms with Crippen LogP contribution in [0.2, 0.25) is 10.0 Å². The highest BCUT2D eigenvalue weighted by molar-refractivity contribution is 6.42. The molecule has 3 amide bonds. The fourth-order valence-corrected chi connectivity index (χ4v) is 6.51. The quantitative estimate of drug-likeness (QED) is 0.319. The van der Waals surface area contributed by atoms with E-state index in [1.54, 1.807) is 24.3 Å². The van der Waals surface area contributed by atoms with Gasteiger partial charge in [-0.1, -0.05) is 47.5 Å². The summed E-state index contributed by atoms with van der Waals surface area (Å²) in [6.45, 7) is -0.501. The van der Waals surface area contributed by atoms with Crippen molar-refractivity contribution in [2.45, 2.75) is 6.42 Å². The Bertz CT molecular complexity index is 1320. The highest BCUT2D eigenvalue weighted by Crippen LogP contribution is 2.65. The Labute approximate surface area is 217 Å². The average molecular weight is 525 g/mol. The lowest BCUT2D eigenvalue weighted by Crippen LogP contribution is -2.52. The van der Waals surface area contributed by atoms with Crippen LogP contribution in [0, 0.1) is 35.5 Å². The van der Waals surface area contributed by atoms with Crippen LogP contribution in [0.4, 0.5) is 0 Å². The van der Waals surface area contributed by atoms with Crippen molar-refractivity contribution in [1.82, 2.24) is 10.0 Å². The molecule has 36 heavy (non-hydrogen) atoms. The van der Waals surface area contributed by atoms with Crippen LogP contribution in [0.25, 0.3) is 0 Å². The van der Waals surface area contributed by atoms with Crippen LogP contribution < -0.4 is 4.74 Å². The molecule has 1 aliphatic heterocycles. The highest BCUT2D eigenvalue weighted by atomic mass is 35.5. The molecule has 5 aliphatic rings. The number of ketones is 1. The number of carbonyl (C=O) groups is 4. The third kappa shape index (κ3) is 3.48. The Hall–Kier alpha value is -3.16. The summed E-state index contributed by atoms with van der Waals surface area (Å²) in [5, 5.41) is 2.29. The van der Waals surface area contributed by atoms with Gasteiger partial charge in [0.25, 0.3) is 17.7 Å². The van der Waals surface area contributed by atoms with Crippen molar-refractivity contribution >= 4 is 46.7 Å². The van der Waals surface area contributed by atoms with Crippen molar-refractivity contribution in [1.29, 1.82) is 0 Å². The number of nitrogens with zero attached hydrogens (tertiary/aromatic N) is 2. The first-order chi connectivity index (χ1) is 17.3. The molecule has 0 spiro atoms. The van der Waals surface area contributed by atoms with E-state index in [0.29, 0.717) is 23.1 Å². The average Bonchev–Trinajstić information content (AvgIpc) is 3.67. The second kappa shape index (κ2) is 8.46. The van der Waals surface area contributed by atoms with E-state index in [9.17, 15) is 19.2 Å². The lowest BCUT2D eigenvalue weighted by atomic mass is 9.63. The summed E-state index contributed by atoms with van der Waals surface area (Å²) in [5.74, 6) is -1.72. The van der Waals surface area contributed by atoms with Gasteiger partial charge in [0.15, 0.2) is 5.78 Å². The van der Waals surface area contributed by atoms with Gasteiger partial charge in [0, 0.05) is 11.1 Å². The molecule has 2 aromatic rings. The molecule has 1 saturated heterocycles. The van der Waals surface area contributed by atoms with Crippen molar-refractivity contribution in [3.63, 3.8) is 0 Å². The minimum absolute atomic E-state index is 0.0116. The van der Waals surface area contributed by atoms with E-state index >= 15 is 0 Å². The molecule has 0 unspecified atom stereocenters. The van der Waals surface area contributed by atoms with Crippen LogP contribution in [0.3, 0.4) is 0 Å². The lowest BCUT2D eigenvalue weighted by molar-refractivity contribution is -0.154. The third-order valence-corrected chi connectivity index (χ3v) is 8.71. The highest BCUT2D eigenvalue weighted by Gasteiger charge is 2.68. The molecule has 0 aromatic heterocycles. The fourth-order valence-electron chi connectivity index (χ4n) is 6.21. The Morgan fingerprint density at radius 3 is 2.22 bits per heavy atom. The van der Waals surface area contributed by atoms with Crippen LogP contribution >= 0.6 is 23.2 Å². The van der Waals surface area contributed by atoms with E-state index < -0.39 is 41.9 Å². The van der Waals surface area contributed by atoms with Crippen molar-refractivity contribution in [3.8, 4) is 5.75 Å². The maximum absolute atomic E-state index is 13.7. The summed E-state index contributed by atoms with van der Waals surface area (Å²) >= 11 is 12.2. The van der Waals surface area contributed by atoms with E-state index in [1.165, 1.54) is 25.3 Å². The molecule has 1 heterocycles. The number of methoxy groups -OCH3 is 1. The molecule has 7 nitrogen and oxygen atoms in total. The Morgan fingerprint density at radius 1 is 0.944 bits per heavy atom. The maximum Gasteiger partial charge on any atom is 0.273 e. The number of halogens is 2. The second-order valence-corrected chi connectivity index (χ2v) is 10.6. The summed E-state index contributed by atoms with van der Waals surface area (Å²) in [7, 11) is 1.49.